The summed E-state index contributed by atoms with van der Waals surface area (Å²) in [6.45, 7) is 42.4. The number of hydrogen-bond acceptors (Lipinski definition) is 0. The predicted molar refractivity (Wildman–Crippen MR) is 204 cm³/mol. The van der Waals surface area contributed by atoms with Gasteiger partial charge in [0, 0.05) is 0 Å². The van der Waals surface area contributed by atoms with E-state index in [9.17, 15) is 0 Å². The standard InChI is InChI=1S/C44H80/c1-18-38(44(16,17)34-26-25-33-43(14,15)37(4)5)35-41(10,11)31-22-21-29-39(6,7)27-19-20-28-40(8,9)30-23-24-32-42(12,13)36(2)3/h18-26,36-38H,1,27-35H2,2-17H3. The minimum atomic E-state index is 0.213. The fourth-order valence-electron chi connectivity index (χ4n) is 5.32. The van der Waals surface area contributed by atoms with Crippen LogP contribution in [0, 0.1) is 50.2 Å². The van der Waals surface area contributed by atoms with Crippen molar-refractivity contribution in [3.63, 3.8) is 0 Å². The molecule has 0 saturated heterocycles. The maximum atomic E-state index is 4.26. The van der Waals surface area contributed by atoms with Crippen LogP contribution in [0.4, 0.5) is 0 Å². The zero-order chi connectivity index (χ0) is 34.5. The Bertz CT molecular complexity index is 919. The molecule has 0 aliphatic carbocycles. The number of rotatable bonds is 22. The molecule has 44 heavy (non-hydrogen) atoms. The molecule has 0 saturated carbocycles. The molecular weight excluding hydrogens is 528 g/mol. The molecule has 0 heterocycles. The van der Waals surface area contributed by atoms with Crippen LogP contribution in [0.2, 0.25) is 0 Å². The maximum Gasteiger partial charge on any atom is -0.0177 e. The van der Waals surface area contributed by atoms with Crippen LogP contribution in [0.1, 0.15) is 169 Å². The summed E-state index contributed by atoms with van der Waals surface area (Å²) in [5.74, 6) is 1.90. The van der Waals surface area contributed by atoms with Gasteiger partial charge in [-0.3, -0.25) is 0 Å². The van der Waals surface area contributed by atoms with Gasteiger partial charge in [0.05, 0.1) is 0 Å². The van der Waals surface area contributed by atoms with Gasteiger partial charge in [0.1, 0.15) is 0 Å². The van der Waals surface area contributed by atoms with Crippen molar-refractivity contribution in [3.05, 3.63) is 61.3 Å². The van der Waals surface area contributed by atoms with Crippen molar-refractivity contribution in [1.29, 1.82) is 0 Å². The van der Waals surface area contributed by atoms with E-state index in [-0.39, 0.29) is 16.2 Å². The molecule has 0 rings (SSSR count). The molecule has 0 aromatic carbocycles. The molecule has 0 aliphatic heterocycles. The van der Waals surface area contributed by atoms with E-state index in [0.717, 1.165) is 51.4 Å². The van der Waals surface area contributed by atoms with E-state index in [1.165, 1.54) is 6.42 Å². The Labute approximate surface area is 279 Å². The Balaban J connectivity index is 4.81. The van der Waals surface area contributed by atoms with E-state index < -0.39 is 0 Å². The zero-order valence-electron chi connectivity index (χ0n) is 33.0. The molecule has 0 heteroatoms. The van der Waals surface area contributed by atoms with Gasteiger partial charge in [-0.25, -0.2) is 0 Å². The first kappa shape index (κ1) is 42.7. The molecule has 0 amide bonds. The highest BCUT2D eigenvalue weighted by Gasteiger charge is 2.31. The molecule has 0 nitrogen and oxygen atoms in total. The van der Waals surface area contributed by atoms with Gasteiger partial charge in [0.2, 0.25) is 0 Å². The Hall–Kier alpha value is -1.30. The Morgan fingerprint density at radius 3 is 0.909 bits per heavy atom. The lowest BCUT2D eigenvalue weighted by atomic mass is 9.68. The monoisotopic (exact) mass is 609 g/mol. The summed E-state index contributed by atoms with van der Waals surface area (Å²) in [6, 6.07) is 0. The molecule has 1 atom stereocenters. The summed E-state index contributed by atoms with van der Waals surface area (Å²) >= 11 is 0. The third kappa shape index (κ3) is 18.0. The second-order valence-electron chi connectivity index (χ2n) is 19.3. The largest absolute Gasteiger partial charge is 0.103 e. The van der Waals surface area contributed by atoms with Crippen molar-refractivity contribution in [3.8, 4) is 0 Å². The third-order valence-corrected chi connectivity index (χ3v) is 11.1. The van der Waals surface area contributed by atoms with Crippen molar-refractivity contribution >= 4 is 0 Å². The van der Waals surface area contributed by atoms with Crippen molar-refractivity contribution in [2.45, 2.75) is 169 Å². The average Bonchev–Trinajstić information content (AvgIpc) is 2.88. The van der Waals surface area contributed by atoms with Gasteiger partial charge in [-0.15, -0.1) is 6.58 Å². The van der Waals surface area contributed by atoms with Gasteiger partial charge >= 0.3 is 0 Å². The summed E-state index contributed by atoms with van der Waals surface area (Å²) in [7, 11) is 0. The van der Waals surface area contributed by atoms with E-state index in [1.807, 2.05) is 0 Å². The van der Waals surface area contributed by atoms with E-state index in [4.69, 9.17) is 0 Å². The van der Waals surface area contributed by atoms with Crippen LogP contribution in [0.5, 0.6) is 0 Å². The van der Waals surface area contributed by atoms with Crippen LogP contribution in [0.3, 0.4) is 0 Å². The summed E-state index contributed by atoms with van der Waals surface area (Å²) in [6.07, 6.45) is 31.9. The Morgan fingerprint density at radius 2 is 0.636 bits per heavy atom. The first-order valence-corrected chi connectivity index (χ1v) is 18.1. The molecule has 256 valence electrons. The summed E-state index contributed by atoms with van der Waals surface area (Å²) in [5.41, 5.74) is 1.80. The second-order valence-corrected chi connectivity index (χ2v) is 19.3. The van der Waals surface area contributed by atoms with Gasteiger partial charge < -0.3 is 0 Å². The second kappa shape index (κ2) is 18.1. The van der Waals surface area contributed by atoms with Crippen LogP contribution >= 0.6 is 0 Å². The molecular formula is C44H80. The lowest BCUT2D eigenvalue weighted by molar-refractivity contribution is 0.179. The highest BCUT2D eigenvalue weighted by Crippen LogP contribution is 2.42. The van der Waals surface area contributed by atoms with E-state index in [2.05, 4.69) is 172 Å². The first-order chi connectivity index (χ1) is 19.9. The fraction of sp³-hybridized carbons (Fsp3) is 0.773. The summed E-state index contributed by atoms with van der Waals surface area (Å²) in [5, 5.41) is 0. The summed E-state index contributed by atoms with van der Waals surface area (Å²) < 4.78 is 0. The molecule has 0 aliphatic rings. The molecule has 0 radical (unpaired) electrons. The average molecular weight is 609 g/mol. The molecule has 0 aromatic rings. The molecule has 0 N–H and O–H groups in total. The van der Waals surface area contributed by atoms with Gasteiger partial charge in [-0.05, 0) is 108 Å². The van der Waals surface area contributed by atoms with Crippen molar-refractivity contribution < 1.29 is 0 Å². The quantitative estimate of drug-likeness (QED) is 0.107. The van der Waals surface area contributed by atoms with Crippen LogP contribution in [0.25, 0.3) is 0 Å². The normalized spacial score (nSPS) is 15.7. The SMILES string of the molecule is C=CC(CC(C)(C)CC=CCC(C)(C)CC=CCC(C)(C)CC=CCC(C)(C)C(C)C)C(C)(C)CC=CCC(C)(C)C(C)C. The van der Waals surface area contributed by atoms with Crippen LogP contribution in [-0.4, -0.2) is 0 Å². The number of allylic oxidation sites excluding steroid dienone is 9. The van der Waals surface area contributed by atoms with Crippen LogP contribution < -0.4 is 0 Å². The zero-order valence-corrected chi connectivity index (χ0v) is 33.0. The van der Waals surface area contributed by atoms with Crippen molar-refractivity contribution in [2.24, 2.45) is 50.2 Å². The molecule has 0 fully saturated rings. The minimum absolute atomic E-state index is 0.213. The van der Waals surface area contributed by atoms with E-state index >= 15 is 0 Å². The van der Waals surface area contributed by atoms with Gasteiger partial charge in [0.15, 0.2) is 0 Å². The molecule has 0 aromatic heterocycles. The van der Waals surface area contributed by atoms with Crippen LogP contribution in [-0.2, 0) is 0 Å². The highest BCUT2D eigenvalue weighted by molar-refractivity contribution is 5.01. The minimum Gasteiger partial charge on any atom is -0.103 e. The van der Waals surface area contributed by atoms with Gasteiger partial charge in [-0.2, -0.15) is 0 Å². The topological polar surface area (TPSA) is 0 Å². The molecule has 0 bridgehead atoms. The van der Waals surface area contributed by atoms with E-state index in [0.29, 0.717) is 34.0 Å². The predicted octanol–water partition coefficient (Wildman–Crippen LogP) is 15.0. The van der Waals surface area contributed by atoms with Crippen molar-refractivity contribution in [1.82, 2.24) is 0 Å². The van der Waals surface area contributed by atoms with Gasteiger partial charge in [-0.1, -0.05) is 165 Å². The summed E-state index contributed by atoms with van der Waals surface area (Å²) in [4.78, 5) is 0. The lowest BCUT2D eigenvalue weighted by Crippen LogP contribution is -2.27. The Morgan fingerprint density at radius 1 is 0.386 bits per heavy atom. The lowest BCUT2D eigenvalue weighted by Gasteiger charge is -2.37. The first-order valence-electron chi connectivity index (χ1n) is 18.1. The van der Waals surface area contributed by atoms with Crippen LogP contribution in [0.15, 0.2) is 61.3 Å². The maximum absolute atomic E-state index is 4.26. The van der Waals surface area contributed by atoms with E-state index in [1.54, 1.807) is 0 Å². The highest BCUT2D eigenvalue weighted by atomic mass is 14.4. The fourth-order valence-corrected chi connectivity index (χ4v) is 5.32. The van der Waals surface area contributed by atoms with Crippen molar-refractivity contribution in [2.75, 3.05) is 0 Å². The third-order valence-electron chi connectivity index (χ3n) is 11.1. The number of hydrogen-bond donors (Lipinski definition) is 0. The smallest absolute Gasteiger partial charge is 0.0177 e. The van der Waals surface area contributed by atoms with Gasteiger partial charge in [0.25, 0.3) is 0 Å². The Kier molecular flexibility index (Phi) is 17.6. The molecule has 1 unspecified atom stereocenters. The molecule has 0 spiro atoms.